The van der Waals surface area contributed by atoms with E-state index in [0.29, 0.717) is 30.0 Å². The number of nitrogens with one attached hydrogen (secondary N) is 1. The van der Waals surface area contributed by atoms with Crippen molar-refractivity contribution in [3.8, 4) is 0 Å². The molecule has 4 rings (SSSR count). The molecule has 5 nitrogen and oxygen atoms in total. The monoisotopic (exact) mass is 357 g/mol. The summed E-state index contributed by atoms with van der Waals surface area (Å²) in [6.45, 7) is 1.33. The van der Waals surface area contributed by atoms with Crippen molar-refractivity contribution in [2.75, 3.05) is 11.9 Å². The van der Waals surface area contributed by atoms with Crippen molar-refractivity contribution in [2.24, 2.45) is 0 Å². The highest BCUT2D eigenvalue weighted by atomic mass is 16.2. The molecule has 5 heteroatoms. The molecule has 1 N–H and O–H groups in total. The Balaban J connectivity index is 1.44. The number of anilines is 1. The zero-order valence-corrected chi connectivity index (χ0v) is 14.8. The van der Waals surface area contributed by atoms with E-state index >= 15 is 0 Å². The Kier molecular flexibility index (Phi) is 4.66. The second-order valence-corrected chi connectivity index (χ2v) is 6.49. The van der Waals surface area contributed by atoms with Crippen molar-refractivity contribution < 1.29 is 9.59 Å². The molecule has 0 atom stereocenters. The normalized spacial score (nSPS) is 13.0. The minimum Gasteiger partial charge on any atom is -0.334 e. The molecule has 0 unspecified atom stereocenters. The van der Waals surface area contributed by atoms with Crippen LogP contribution in [0.2, 0.25) is 0 Å². The lowest BCUT2D eigenvalue weighted by atomic mass is 9.99. The first-order valence-electron chi connectivity index (χ1n) is 8.89. The fraction of sp³-hybridized carbons (Fsp3) is 0.136. The van der Waals surface area contributed by atoms with Crippen LogP contribution in [0.5, 0.6) is 0 Å². The third kappa shape index (κ3) is 3.72. The van der Waals surface area contributed by atoms with Gasteiger partial charge in [-0.25, -0.2) is 4.98 Å². The molecule has 134 valence electrons. The van der Waals surface area contributed by atoms with Crippen molar-refractivity contribution in [3.63, 3.8) is 0 Å². The smallest absolute Gasteiger partial charge is 0.256 e. The number of nitrogens with zero attached hydrogens (tertiary/aromatic N) is 2. The SMILES string of the molecule is O=C(Nc1ccccn1)c1ccc(C(=O)N2CCc3ccccc3C2)cc1. The predicted molar refractivity (Wildman–Crippen MR) is 104 cm³/mol. The maximum atomic E-state index is 12.8. The summed E-state index contributed by atoms with van der Waals surface area (Å²) in [6.07, 6.45) is 2.49. The van der Waals surface area contributed by atoms with Gasteiger partial charge in [0.25, 0.3) is 11.8 Å². The molecular formula is C22H19N3O2. The minimum atomic E-state index is -0.250. The van der Waals surface area contributed by atoms with Crippen LogP contribution in [-0.4, -0.2) is 28.2 Å². The van der Waals surface area contributed by atoms with Gasteiger partial charge < -0.3 is 10.2 Å². The van der Waals surface area contributed by atoms with Crippen molar-refractivity contribution in [2.45, 2.75) is 13.0 Å². The highest BCUT2D eigenvalue weighted by Crippen LogP contribution is 2.20. The summed E-state index contributed by atoms with van der Waals surface area (Å²) in [4.78, 5) is 31.0. The average molecular weight is 357 g/mol. The average Bonchev–Trinajstić information content (AvgIpc) is 2.73. The lowest BCUT2D eigenvalue weighted by Gasteiger charge is -2.29. The molecule has 2 heterocycles. The van der Waals surface area contributed by atoms with Crippen LogP contribution in [0.3, 0.4) is 0 Å². The lowest BCUT2D eigenvalue weighted by molar-refractivity contribution is 0.0734. The van der Waals surface area contributed by atoms with Gasteiger partial charge in [-0.05, 0) is 53.9 Å². The maximum Gasteiger partial charge on any atom is 0.256 e. The van der Waals surface area contributed by atoms with Crippen molar-refractivity contribution in [1.29, 1.82) is 0 Å². The van der Waals surface area contributed by atoms with Crippen molar-refractivity contribution in [1.82, 2.24) is 9.88 Å². The Labute approximate surface area is 157 Å². The second-order valence-electron chi connectivity index (χ2n) is 6.49. The standard InChI is InChI=1S/C22H19N3O2/c26-21(24-20-7-3-4-13-23-20)17-8-10-18(11-9-17)22(27)25-14-12-16-5-1-2-6-19(16)15-25/h1-11,13H,12,14-15H2,(H,23,24,26). The van der Waals surface area contributed by atoms with Crippen LogP contribution in [0.1, 0.15) is 31.8 Å². The summed E-state index contributed by atoms with van der Waals surface area (Å²) in [7, 11) is 0. The summed E-state index contributed by atoms with van der Waals surface area (Å²) in [6, 6.07) is 20.3. The molecule has 0 fully saturated rings. The maximum absolute atomic E-state index is 12.8. The molecule has 3 aromatic rings. The summed E-state index contributed by atoms with van der Waals surface area (Å²) in [5, 5.41) is 2.74. The van der Waals surface area contributed by atoms with E-state index in [-0.39, 0.29) is 11.8 Å². The van der Waals surface area contributed by atoms with Gasteiger partial charge in [-0.1, -0.05) is 30.3 Å². The van der Waals surface area contributed by atoms with Crippen LogP contribution in [0.4, 0.5) is 5.82 Å². The summed E-state index contributed by atoms with van der Waals surface area (Å²) in [5.41, 5.74) is 3.58. The first kappa shape index (κ1) is 17.0. The first-order chi connectivity index (χ1) is 13.2. The Hall–Kier alpha value is -3.47. The van der Waals surface area contributed by atoms with Gasteiger partial charge in [0.1, 0.15) is 5.82 Å². The number of hydrogen-bond donors (Lipinski definition) is 1. The van der Waals surface area contributed by atoms with E-state index in [9.17, 15) is 9.59 Å². The molecule has 0 saturated carbocycles. The summed E-state index contributed by atoms with van der Waals surface area (Å²) >= 11 is 0. The molecule has 2 aromatic carbocycles. The Bertz CT molecular complexity index is 968. The Morgan fingerprint density at radius 1 is 0.852 bits per heavy atom. The number of fused-ring (bicyclic) bond motifs is 1. The van der Waals surface area contributed by atoms with Crippen molar-refractivity contribution >= 4 is 17.6 Å². The van der Waals surface area contributed by atoms with Crippen LogP contribution < -0.4 is 5.32 Å². The molecule has 27 heavy (non-hydrogen) atoms. The number of hydrogen-bond acceptors (Lipinski definition) is 3. The molecule has 0 radical (unpaired) electrons. The fourth-order valence-electron chi connectivity index (χ4n) is 3.24. The molecule has 2 amide bonds. The largest absolute Gasteiger partial charge is 0.334 e. The number of amides is 2. The second kappa shape index (κ2) is 7.41. The molecule has 1 aliphatic heterocycles. The first-order valence-corrected chi connectivity index (χ1v) is 8.89. The van der Waals surface area contributed by atoms with Gasteiger partial charge in [-0.3, -0.25) is 9.59 Å². The number of aromatic nitrogens is 1. The van der Waals surface area contributed by atoms with Crippen LogP contribution in [0.25, 0.3) is 0 Å². The third-order valence-corrected chi connectivity index (χ3v) is 4.72. The molecule has 0 saturated heterocycles. The van der Waals surface area contributed by atoms with Gasteiger partial charge in [-0.2, -0.15) is 0 Å². The van der Waals surface area contributed by atoms with Gasteiger partial charge in [-0.15, -0.1) is 0 Å². The molecule has 0 spiro atoms. The van der Waals surface area contributed by atoms with Gasteiger partial charge >= 0.3 is 0 Å². The van der Waals surface area contributed by atoms with E-state index in [1.54, 1.807) is 48.7 Å². The van der Waals surface area contributed by atoms with E-state index in [0.717, 1.165) is 6.42 Å². The lowest BCUT2D eigenvalue weighted by Crippen LogP contribution is -2.35. The zero-order chi connectivity index (χ0) is 18.6. The number of benzene rings is 2. The van der Waals surface area contributed by atoms with E-state index in [1.165, 1.54) is 11.1 Å². The molecule has 1 aromatic heterocycles. The van der Waals surface area contributed by atoms with Gasteiger partial charge in [0.05, 0.1) is 0 Å². The molecule has 0 aliphatic carbocycles. The van der Waals surface area contributed by atoms with Crippen LogP contribution in [-0.2, 0) is 13.0 Å². The van der Waals surface area contributed by atoms with E-state index in [4.69, 9.17) is 0 Å². The topological polar surface area (TPSA) is 62.3 Å². The van der Waals surface area contributed by atoms with E-state index in [2.05, 4.69) is 22.4 Å². The van der Waals surface area contributed by atoms with Crippen molar-refractivity contribution in [3.05, 3.63) is 95.2 Å². The van der Waals surface area contributed by atoms with Gasteiger partial charge in [0.15, 0.2) is 0 Å². The third-order valence-electron chi connectivity index (χ3n) is 4.72. The van der Waals surface area contributed by atoms with Crippen LogP contribution >= 0.6 is 0 Å². The number of rotatable bonds is 3. The predicted octanol–water partition coefficient (Wildman–Crippen LogP) is 3.53. The quantitative estimate of drug-likeness (QED) is 0.780. The van der Waals surface area contributed by atoms with E-state index < -0.39 is 0 Å². The summed E-state index contributed by atoms with van der Waals surface area (Å²) < 4.78 is 0. The number of pyridine rings is 1. The van der Waals surface area contributed by atoms with Gasteiger partial charge in [0, 0.05) is 30.4 Å². The van der Waals surface area contributed by atoms with E-state index in [1.807, 2.05) is 17.0 Å². The Morgan fingerprint density at radius 2 is 1.56 bits per heavy atom. The number of carbonyl (C=O) groups is 2. The molecule has 0 bridgehead atoms. The van der Waals surface area contributed by atoms with Crippen LogP contribution in [0.15, 0.2) is 72.9 Å². The minimum absolute atomic E-state index is 0.0128. The highest BCUT2D eigenvalue weighted by Gasteiger charge is 2.21. The van der Waals surface area contributed by atoms with Gasteiger partial charge in [0.2, 0.25) is 0 Å². The Morgan fingerprint density at radius 3 is 2.30 bits per heavy atom. The van der Waals surface area contributed by atoms with Crippen LogP contribution in [0, 0.1) is 0 Å². The molecule has 1 aliphatic rings. The zero-order valence-electron chi connectivity index (χ0n) is 14.8. The molecular weight excluding hydrogens is 338 g/mol. The number of carbonyl (C=O) groups excluding carboxylic acids is 2. The highest BCUT2D eigenvalue weighted by molar-refractivity contribution is 6.04. The summed E-state index contributed by atoms with van der Waals surface area (Å²) in [5.74, 6) is 0.232. The fourth-order valence-corrected chi connectivity index (χ4v) is 3.24.